The molecule has 0 aliphatic rings. The minimum absolute atomic E-state index is 0.147. The van der Waals surface area contributed by atoms with Crippen molar-refractivity contribution in [3.05, 3.63) is 12.6 Å². The Hall–Kier alpha value is -0.810. The molecule has 0 fully saturated rings. The highest BCUT2D eigenvalue weighted by Crippen LogP contribution is 2.24. The topological polar surface area (TPSA) is 9.23 Å². The first-order valence-corrected chi connectivity index (χ1v) is 2.09. The molecule has 0 unspecified atom stereocenters. The highest BCUT2D eigenvalue weighted by atomic mass is 19.3. The fourth-order valence-electron chi connectivity index (χ4n) is 0.168. The van der Waals surface area contributed by atoms with Crippen LogP contribution in [0.2, 0.25) is 0 Å². The first-order chi connectivity index (χ1) is 4.50. The summed E-state index contributed by atoms with van der Waals surface area (Å²) in [7, 11) is 0. The first kappa shape index (κ1) is 9.19. The smallest absolute Gasteiger partial charge is 0.434 e. The number of hydrogen-bond donors (Lipinski definition) is 0. The number of ether oxygens (including phenoxy) is 1. The van der Waals surface area contributed by atoms with Crippen LogP contribution in [0, 0.1) is 0 Å². The molecule has 0 aliphatic heterocycles. The Morgan fingerprint density at radius 1 is 1.30 bits per heavy atom. The molecule has 0 heterocycles. The van der Waals surface area contributed by atoms with E-state index in [-0.39, 0.29) is 6.26 Å². The Labute approximate surface area is 53.1 Å². The zero-order chi connectivity index (χ0) is 8.20. The standard InChI is InChI=1S/C4H3F5O/c5-1-2-10-4(8,9)3(6)7/h1-3H/b2-1+. The summed E-state index contributed by atoms with van der Waals surface area (Å²) >= 11 is 0. The molecular formula is C4H3F5O. The molecule has 0 aromatic heterocycles. The summed E-state index contributed by atoms with van der Waals surface area (Å²) in [6.07, 6.45) is -9.12. The second kappa shape index (κ2) is 3.38. The van der Waals surface area contributed by atoms with Crippen molar-refractivity contribution in [3.8, 4) is 0 Å². The van der Waals surface area contributed by atoms with Crippen LogP contribution in [0.1, 0.15) is 0 Å². The van der Waals surface area contributed by atoms with E-state index in [4.69, 9.17) is 0 Å². The Balaban J connectivity index is 3.86. The number of hydrogen-bond acceptors (Lipinski definition) is 1. The fraction of sp³-hybridized carbons (Fsp3) is 0.500. The van der Waals surface area contributed by atoms with Gasteiger partial charge in [-0.15, -0.1) is 0 Å². The molecule has 6 heteroatoms. The van der Waals surface area contributed by atoms with E-state index in [1.54, 1.807) is 0 Å². The van der Waals surface area contributed by atoms with E-state index in [1.807, 2.05) is 0 Å². The van der Waals surface area contributed by atoms with Gasteiger partial charge in [-0.25, -0.2) is 4.39 Å². The summed E-state index contributed by atoms with van der Waals surface area (Å²) in [5, 5.41) is 0. The SMILES string of the molecule is F/C=C/OC(F)(F)C(F)F. The van der Waals surface area contributed by atoms with Crippen molar-refractivity contribution in [1.29, 1.82) is 0 Å². The third kappa shape index (κ3) is 2.65. The van der Waals surface area contributed by atoms with Gasteiger partial charge in [0.2, 0.25) is 0 Å². The first-order valence-electron chi connectivity index (χ1n) is 2.09. The van der Waals surface area contributed by atoms with E-state index in [2.05, 4.69) is 4.74 Å². The molecule has 0 saturated carbocycles. The van der Waals surface area contributed by atoms with Gasteiger partial charge >= 0.3 is 12.5 Å². The highest BCUT2D eigenvalue weighted by molar-refractivity contribution is 4.64. The second-order valence-corrected chi connectivity index (χ2v) is 1.24. The van der Waals surface area contributed by atoms with Gasteiger partial charge in [0.1, 0.15) is 12.6 Å². The molecular weight excluding hydrogens is 159 g/mol. The van der Waals surface area contributed by atoms with Crippen LogP contribution in [0.4, 0.5) is 22.0 Å². The maximum atomic E-state index is 11.5. The van der Waals surface area contributed by atoms with Gasteiger partial charge in [-0.2, -0.15) is 17.6 Å². The van der Waals surface area contributed by atoms with Crippen molar-refractivity contribution in [2.45, 2.75) is 12.5 Å². The number of halogens is 5. The Kier molecular flexibility index (Phi) is 3.11. The molecule has 0 spiro atoms. The zero-order valence-electron chi connectivity index (χ0n) is 4.53. The predicted molar refractivity (Wildman–Crippen MR) is 22.3 cm³/mol. The summed E-state index contributed by atoms with van der Waals surface area (Å²) in [6, 6.07) is 0. The molecule has 0 bridgehead atoms. The van der Waals surface area contributed by atoms with Crippen molar-refractivity contribution in [3.63, 3.8) is 0 Å². The van der Waals surface area contributed by atoms with Crippen LogP contribution in [0.15, 0.2) is 12.6 Å². The third-order valence-electron chi connectivity index (χ3n) is 0.531. The average Bonchev–Trinajstić information content (AvgIpc) is 1.84. The third-order valence-corrected chi connectivity index (χ3v) is 0.531. The fourth-order valence-corrected chi connectivity index (χ4v) is 0.168. The summed E-state index contributed by atoms with van der Waals surface area (Å²) in [4.78, 5) is 0. The quantitative estimate of drug-likeness (QED) is 0.457. The maximum Gasteiger partial charge on any atom is 0.460 e. The monoisotopic (exact) mass is 162 g/mol. The summed E-state index contributed by atoms with van der Waals surface area (Å²) in [5.41, 5.74) is 0. The molecule has 0 amide bonds. The van der Waals surface area contributed by atoms with Gasteiger partial charge in [0.15, 0.2) is 0 Å². The molecule has 60 valence electrons. The van der Waals surface area contributed by atoms with Crippen LogP contribution in [0.5, 0.6) is 0 Å². The van der Waals surface area contributed by atoms with Crippen molar-refractivity contribution in [1.82, 2.24) is 0 Å². The lowest BCUT2D eigenvalue weighted by molar-refractivity contribution is -0.275. The molecule has 1 nitrogen and oxygen atoms in total. The van der Waals surface area contributed by atoms with Crippen molar-refractivity contribution in [2.24, 2.45) is 0 Å². The molecule has 0 rings (SSSR count). The Bertz CT molecular complexity index is 121. The predicted octanol–water partition coefficient (Wildman–Crippen LogP) is 2.30. The van der Waals surface area contributed by atoms with Crippen LogP contribution in [0.3, 0.4) is 0 Å². The molecule has 0 radical (unpaired) electrons. The van der Waals surface area contributed by atoms with E-state index < -0.39 is 18.9 Å². The van der Waals surface area contributed by atoms with E-state index >= 15 is 0 Å². The van der Waals surface area contributed by atoms with Crippen LogP contribution in [-0.2, 0) is 4.74 Å². The number of rotatable bonds is 3. The minimum Gasteiger partial charge on any atom is -0.434 e. The summed E-state index contributed by atoms with van der Waals surface area (Å²) in [6.45, 7) is 0. The summed E-state index contributed by atoms with van der Waals surface area (Å²) in [5.74, 6) is 0. The molecule has 0 aromatic rings. The number of alkyl halides is 4. The highest BCUT2D eigenvalue weighted by Gasteiger charge is 2.42. The molecule has 0 aromatic carbocycles. The Morgan fingerprint density at radius 2 is 1.80 bits per heavy atom. The van der Waals surface area contributed by atoms with Crippen LogP contribution >= 0.6 is 0 Å². The lowest BCUT2D eigenvalue weighted by atomic mass is 10.6. The van der Waals surface area contributed by atoms with Gasteiger partial charge in [0.25, 0.3) is 0 Å². The molecule has 0 saturated heterocycles. The van der Waals surface area contributed by atoms with E-state index in [1.165, 1.54) is 0 Å². The maximum absolute atomic E-state index is 11.5. The lowest BCUT2D eigenvalue weighted by Crippen LogP contribution is -2.27. The van der Waals surface area contributed by atoms with Gasteiger partial charge in [0, 0.05) is 0 Å². The van der Waals surface area contributed by atoms with Crippen molar-refractivity contribution in [2.75, 3.05) is 0 Å². The van der Waals surface area contributed by atoms with Gasteiger partial charge in [-0.1, -0.05) is 0 Å². The van der Waals surface area contributed by atoms with Gasteiger partial charge in [0.05, 0.1) is 0 Å². The lowest BCUT2D eigenvalue weighted by Gasteiger charge is -2.12. The zero-order valence-corrected chi connectivity index (χ0v) is 4.53. The van der Waals surface area contributed by atoms with Crippen molar-refractivity contribution >= 4 is 0 Å². The van der Waals surface area contributed by atoms with E-state index in [0.29, 0.717) is 0 Å². The molecule has 0 aliphatic carbocycles. The second-order valence-electron chi connectivity index (χ2n) is 1.24. The largest absolute Gasteiger partial charge is 0.460 e. The molecule has 0 N–H and O–H groups in total. The van der Waals surface area contributed by atoms with Crippen LogP contribution in [-0.4, -0.2) is 12.5 Å². The Morgan fingerprint density at radius 3 is 2.10 bits per heavy atom. The van der Waals surface area contributed by atoms with Crippen LogP contribution in [0.25, 0.3) is 0 Å². The van der Waals surface area contributed by atoms with Crippen LogP contribution < -0.4 is 0 Å². The minimum atomic E-state index is -4.61. The van der Waals surface area contributed by atoms with Gasteiger partial charge < -0.3 is 4.74 Å². The molecule has 10 heavy (non-hydrogen) atoms. The normalized spacial score (nSPS) is 13.0. The van der Waals surface area contributed by atoms with Crippen molar-refractivity contribution < 1.29 is 26.7 Å². The van der Waals surface area contributed by atoms with E-state index in [9.17, 15) is 22.0 Å². The molecule has 0 atom stereocenters. The summed E-state index contributed by atoms with van der Waals surface area (Å²) < 4.78 is 59.2. The van der Waals surface area contributed by atoms with E-state index in [0.717, 1.165) is 0 Å². The van der Waals surface area contributed by atoms with Gasteiger partial charge in [-0.3, -0.25) is 0 Å². The average molecular weight is 162 g/mol. The van der Waals surface area contributed by atoms with Gasteiger partial charge in [-0.05, 0) is 0 Å².